The predicted octanol–water partition coefficient (Wildman–Crippen LogP) is 4.50. The lowest BCUT2D eigenvalue weighted by Crippen LogP contribution is -2.09. The number of benzene rings is 1. The maximum atomic E-state index is 6.26. The summed E-state index contributed by atoms with van der Waals surface area (Å²) < 4.78 is 0. The summed E-state index contributed by atoms with van der Waals surface area (Å²) >= 11 is 6.26. The van der Waals surface area contributed by atoms with Gasteiger partial charge in [-0.1, -0.05) is 37.6 Å². The Hall–Kier alpha value is -0.490. The van der Waals surface area contributed by atoms with E-state index in [2.05, 4.69) is 45.9 Å². The highest BCUT2D eigenvalue weighted by Crippen LogP contribution is 2.19. The molecule has 0 aliphatic rings. The first kappa shape index (κ1) is 12.6. The van der Waals surface area contributed by atoms with E-state index >= 15 is 0 Å². The second-order valence-electron chi connectivity index (χ2n) is 4.73. The van der Waals surface area contributed by atoms with Gasteiger partial charge in [-0.15, -0.1) is 11.6 Å². The molecule has 1 heteroatoms. The summed E-state index contributed by atoms with van der Waals surface area (Å²) in [6, 6.07) is 6.64. The van der Waals surface area contributed by atoms with Crippen LogP contribution in [-0.2, 0) is 6.42 Å². The highest BCUT2D eigenvalue weighted by Gasteiger charge is 2.10. The third-order valence-corrected chi connectivity index (χ3v) is 3.64. The summed E-state index contributed by atoms with van der Waals surface area (Å²) in [6.45, 7) is 8.68. The molecule has 0 fully saturated rings. The monoisotopic (exact) mass is 224 g/mol. The summed E-state index contributed by atoms with van der Waals surface area (Å²) in [4.78, 5) is 0. The zero-order chi connectivity index (χ0) is 11.4. The molecule has 1 aromatic carbocycles. The normalized spacial score (nSPS) is 13.2. The minimum Gasteiger partial charge on any atom is -0.123 e. The smallest absolute Gasteiger partial charge is 0.0362 e. The first-order valence-corrected chi connectivity index (χ1v) is 6.14. The van der Waals surface area contributed by atoms with Crippen LogP contribution in [0.1, 0.15) is 37.0 Å². The van der Waals surface area contributed by atoms with Gasteiger partial charge in [0.2, 0.25) is 0 Å². The number of alkyl halides is 1. The Balaban J connectivity index is 2.61. The number of halogens is 1. The van der Waals surface area contributed by atoms with Crippen molar-refractivity contribution in [3.8, 4) is 0 Å². The largest absolute Gasteiger partial charge is 0.123 e. The minimum atomic E-state index is 0.296. The molecule has 0 saturated carbocycles. The van der Waals surface area contributed by atoms with Crippen molar-refractivity contribution in [1.82, 2.24) is 0 Å². The molecule has 0 nitrogen and oxygen atoms in total. The molecular formula is C14H21Cl. The van der Waals surface area contributed by atoms with Gasteiger partial charge in [-0.25, -0.2) is 0 Å². The van der Waals surface area contributed by atoms with Gasteiger partial charge in [0.1, 0.15) is 0 Å². The summed E-state index contributed by atoms with van der Waals surface area (Å²) in [5, 5.41) is 0.296. The Bertz CT molecular complexity index is 315. The fourth-order valence-electron chi connectivity index (χ4n) is 1.70. The van der Waals surface area contributed by atoms with Crippen LogP contribution in [0.15, 0.2) is 18.2 Å². The van der Waals surface area contributed by atoms with Crippen molar-refractivity contribution in [2.75, 3.05) is 0 Å². The summed E-state index contributed by atoms with van der Waals surface area (Å²) in [5.74, 6) is 0.566. The molecule has 0 spiro atoms. The molecule has 1 rings (SSSR count). The lowest BCUT2D eigenvalue weighted by molar-refractivity contribution is 0.565. The lowest BCUT2D eigenvalue weighted by atomic mass is 9.98. The van der Waals surface area contributed by atoms with Crippen molar-refractivity contribution in [2.45, 2.75) is 45.9 Å². The fourth-order valence-corrected chi connectivity index (χ4v) is 1.81. The highest BCUT2D eigenvalue weighted by atomic mass is 35.5. The van der Waals surface area contributed by atoms with E-state index in [0.717, 1.165) is 12.8 Å². The molecule has 0 saturated heterocycles. The van der Waals surface area contributed by atoms with E-state index in [1.165, 1.54) is 16.7 Å². The Kier molecular flexibility index (Phi) is 4.66. The molecule has 0 aliphatic carbocycles. The molecule has 1 unspecified atom stereocenters. The van der Waals surface area contributed by atoms with E-state index in [-0.39, 0.29) is 0 Å². The van der Waals surface area contributed by atoms with E-state index in [1.54, 1.807) is 0 Å². The SMILES string of the molecule is Cc1ccc(C)c(CCC(Cl)C(C)C)c1. The molecule has 0 aliphatic heterocycles. The zero-order valence-electron chi connectivity index (χ0n) is 10.2. The van der Waals surface area contributed by atoms with E-state index in [1.807, 2.05) is 0 Å². The molecule has 0 amide bonds. The average Bonchev–Trinajstić information content (AvgIpc) is 2.18. The topological polar surface area (TPSA) is 0 Å². The van der Waals surface area contributed by atoms with Crippen LogP contribution in [0.3, 0.4) is 0 Å². The third kappa shape index (κ3) is 3.87. The van der Waals surface area contributed by atoms with Crippen molar-refractivity contribution in [1.29, 1.82) is 0 Å². The first-order valence-electron chi connectivity index (χ1n) is 5.71. The Morgan fingerprint density at radius 2 is 1.87 bits per heavy atom. The van der Waals surface area contributed by atoms with Gasteiger partial charge in [0, 0.05) is 5.38 Å². The van der Waals surface area contributed by atoms with Gasteiger partial charge < -0.3 is 0 Å². The molecule has 0 radical (unpaired) electrons. The van der Waals surface area contributed by atoms with Gasteiger partial charge in [0.05, 0.1) is 0 Å². The Morgan fingerprint density at radius 1 is 1.20 bits per heavy atom. The Labute approximate surface area is 98.7 Å². The summed E-state index contributed by atoms with van der Waals surface area (Å²) in [5.41, 5.74) is 4.17. The van der Waals surface area contributed by atoms with Crippen LogP contribution >= 0.6 is 11.6 Å². The lowest BCUT2D eigenvalue weighted by Gasteiger charge is -2.14. The number of rotatable bonds is 4. The van der Waals surface area contributed by atoms with E-state index in [4.69, 9.17) is 11.6 Å². The molecular weight excluding hydrogens is 204 g/mol. The van der Waals surface area contributed by atoms with Crippen molar-refractivity contribution in [3.05, 3.63) is 34.9 Å². The molecule has 0 N–H and O–H groups in total. The van der Waals surface area contributed by atoms with E-state index in [9.17, 15) is 0 Å². The summed E-state index contributed by atoms with van der Waals surface area (Å²) in [7, 11) is 0. The molecule has 84 valence electrons. The molecule has 0 aromatic heterocycles. The van der Waals surface area contributed by atoms with Gasteiger partial charge in [-0.2, -0.15) is 0 Å². The van der Waals surface area contributed by atoms with Gasteiger partial charge >= 0.3 is 0 Å². The van der Waals surface area contributed by atoms with Crippen LogP contribution in [0.25, 0.3) is 0 Å². The number of hydrogen-bond donors (Lipinski definition) is 0. The summed E-state index contributed by atoms with van der Waals surface area (Å²) in [6.07, 6.45) is 2.17. The zero-order valence-corrected chi connectivity index (χ0v) is 10.9. The molecule has 1 aromatic rings. The van der Waals surface area contributed by atoms with Crippen LogP contribution in [0.2, 0.25) is 0 Å². The standard InChI is InChI=1S/C14H21Cl/c1-10(2)14(15)8-7-13-9-11(3)5-6-12(13)4/h5-6,9-10,14H,7-8H2,1-4H3. The van der Waals surface area contributed by atoms with Crippen LogP contribution in [0.4, 0.5) is 0 Å². The van der Waals surface area contributed by atoms with Crippen molar-refractivity contribution < 1.29 is 0 Å². The Morgan fingerprint density at radius 3 is 2.47 bits per heavy atom. The van der Waals surface area contributed by atoms with Crippen LogP contribution in [0.5, 0.6) is 0 Å². The average molecular weight is 225 g/mol. The molecule has 0 heterocycles. The van der Waals surface area contributed by atoms with E-state index < -0.39 is 0 Å². The van der Waals surface area contributed by atoms with Crippen molar-refractivity contribution in [2.24, 2.45) is 5.92 Å². The van der Waals surface area contributed by atoms with Crippen LogP contribution in [0, 0.1) is 19.8 Å². The second kappa shape index (κ2) is 5.55. The van der Waals surface area contributed by atoms with Crippen LogP contribution < -0.4 is 0 Å². The van der Waals surface area contributed by atoms with Gasteiger partial charge in [0.15, 0.2) is 0 Å². The maximum absolute atomic E-state index is 6.26. The van der Waals surface area contributed by atoms with Crippen molar-refractivity contribution >= 4 is 11.6 Å². The molecule has 15 heavy (non-hydrogen) atoms. The third-order valence-electron chi connectivity index (χ3n) is 2.92. The minimum absolute atomic E-state index is 0.296. The van der Waals surface area contributed by atoms with Crippen LogP contribution in [-0.4, -0.2) is 5.38 Å². The highest BCUT2D eigenvalue weighted by molar-refractivity contribution is 6.20. The predicted molar refractivity (Wildman–Crippen MR) is 68.7 cm³/mol. The van der Waals surface area contributed by atoms with Gasteiger partial charge in [0.25, 0.3) is 0 Å². The maximum Gasteiger partial charge on any atom is 0.0362 e. The first-order chi connectivity index (χ1) is 7.00. The molecule has 0 bridgehead atoms. The number of aryl methyl sites for hydroxylation is 3. The quantitative estimate of drug-likeness (QED) is 0.661. The van der Waals surface area contributed by atoms with E-state index in [0.29, 0.717) is 11.3 Å². The van der Waals surface area contributed by atoms with Gasteiger partial charge in [-0.05, 0) is 43.7 Å². The fraction of sp³-hybridized carbons (Fsp3) is 0.571. The van der Waals surface area contributed by atoms with Gasteiger partial charge in [-0.3, -0.25) is 0 Å². The molecule has 1 atom stereocenters. The number of hydrogen-bond acceptors (Lipinski definition) is 0. The van der Waals surface area contributed by atoms with Crippen molar-refractivity contribution in [3.63, 3.8) is 0 Å². The second-order valence-corrected chi connectivity index (χ2v) is 5.29.